The molecule has 2 atom stereocenters. The predicted molar refractivity (Wildman–Crippen MR) is 49.5 cm³/mol. The molecule has 0 N–H and O–H groups in total. The Morgan fingerprint density at radius 3 is 2.77 bits per heavy atom. The summed E-state index contributed by atoms with van der Waals surface area (Å²) in [6, 6.07) is 0.507. The van der Waals surface area contributed by atoms with Crippen LogP contribution in [0.2, 0.25) is 0 Å². The van der Waals surface area contributed by atoms with Gasteiger partial charge in [0.25, 0.3) is 0 Å². The second-order valence-corrected chi connectivity index (χ2v) is 4.27. The first-order valence-electron chi connectivity index (χ1n) is 5.23. The van der Waals surface area contributed by atoms with Gasteiger partial charge in [-0.1, -0.05) is 0 Å². The summed E-state index contributed by atoms with van der Waals surface area (Å²) in [5.41, 5.74) is 0. The minimum absolute atomic E-state index is 0.507. The minimum Gasteiger partial charge on any atom is -0.381 e. The molecule has 2 aliphatic heterocycles. The number of halogens is 1. The van der Waals surface area contributed by atoms with Crippen molar-refractivity contribution in [2.24, 2.45) is 5.92 Å². The van der Waals surface area contributed by atoms with Crippen molar-refractivity contribution in [3.05, 3.63) is 0 Å². The van der Waals surface area contributed by atoms with Crippen LogP contribution >= 0.6 is 0 Å². The Hall–Kier alpha value is -0.150. The number of nitrogens with zero attached hydrogens (tertiary/aromatic N) is 1. The minimum atomic E-state index is -0.577. The third-order valence-corrected chi connectivity index (χ3v) is 3.32. The average Bonchev–Trinajstić information content (AvgIpc) is 2.13. The van der Waals surface area contributed by atoms with Gasteiger partial charge >= 0.3 is 0 Å². The van der Waals surface area contributed by atoms with Gasteiger partial charge in [-0.2, -0.15) is 0 Å². The zero-order valence-corrected chi connectivity index (χ0v) is 8.21. The number of alkyl halides is 1. The molecular weight excluding hydrogens is 169 g/mol. The number of ether oxygens (including phenoxy) is 1. The highest BCUT2D eigenvalue weighted by Crippen LogP contribution is 2.25. The summed E-state index contributed by atoms with van der Waals surface area (Å²) < 4.78 is 18.1. The highest BCUT2D eigenvalue weighted by Gasteiger charge is 2.34. The van der Waals surface area contributed by atoms with E-state index in [-0.39, 0.29) is 0 Å². The SMILES string of the molecule is CC(C1CCCOC1)N1CC(F)C1. The molecule has 2 saturated heterocycles. The molecule has 0 aromatic heterocycles. The van der Waals surface area contributed by atoms with E-state index < -0.39 is 6.17 Å². The lowest BCUT2D eigenvalue weighted by molar-refractivity contribution is -0.0312. The van der Waals surface area contributed by atoms with E-state index in [1.54, 1.807) is 0 Å². The topological polar surface area (TPSA) is 12.5 Å². The highest BCUT2D eigenvalue weighted by molar-refractivity contribution is 4.87. The third kappa shape index (κ3) is 2.02. The van der Waals surface area contributed by atoms with Gasteiger partial charge < -0.3 is 4.74 Å². The zero-order valence-electron chi connectivity index (χ0n) is 8.21. The van der Waals surface area contributed by atoms with Gasteiger partial charge in [0.15, 0.2) is 0 Å². The molecule has 0 saturated carbocycles. The first-order chi connectivity index (χ1) is 6.27. The Bertz CT molecular complexity index is 164. The smallest absolute Gasteiger partial charge is 0.125 e. The van der Waals surface area contributed by atoms with Gasteiger partial charge in [0.05, 0.1) is 6.61 Å². The van der Waals surface area contributed by atoms with Crippen molar-refractivity contribution < 1.29 is 9.13 Å². The quantitative estimate of drug-likeness (QED) is 0.649. The lowest BCUT2D eigenvalue weighted by Crippen LogP contribution is -2.55. The fraction of sp³-hybridized carbons (Fsp3) is 1.00. The van der Waals surface area contributed by atoms with Crippen LogP contribution in [-0.4, -0.2) is 43.4 Å². The number of hydrogen-bond acceptors (Lipinski definition) is 2. The summed E-state index contributed by atoms with van der Waals surface area (Å²) in [4.78, 5) is 2.23. The second-order valence-electron chi connectivity index (χ2n) is 4.27. The molecule has 0 aromatic rings. The average molecular weight is 187 g/mol. The molecule has 2 nitrogen and oxygen atoms in total. The molecule has 13 heavy (non-hydrogen) atoms. The Morgan fingerprint density at radius 2 is 2.23 bits per heavy atom. The van der Waals surface area contributed by atoms with Crippen LogP contribution in [0.25, 0.3) is 0 Å². The monoisotopic (exact) mass is 187 g/mol. The molecule has 2 heterocycles. The summed E-state index contributed by atoms with van der Waals surface area (Å²) in [5, 5.41) is 0. The third-order valence-electron chi connectivity index (χ3n) is 3.32. The van der Waals surface area contributed by atoms with Crippen molar-refractivity contribution in [2.45, 2.75) is 32.0 Å². The largest absolute Gasteiger partial charge is 0.381 e. The molecule has 0 amide bonds. The number of likely N-dealkylation sites (tertiary alicyclic amines) is 1. The standard InChI is InChI=1S/C10H18FNO/c1-8(12-5-10(11)6-12)9-3-2-4-13-7-9/h8-10H,2-7H2,1H3. The van der Waals surface area contributed by atoms with Crippen molar-refractivity contribution in [3.8, 4) is 0 Å². The van der Waals surface area contributed by atoms with Gasteiger partial charge in [0, 0.05) is 25.7 Å². The van der Waals surface area contributed by atoms with Gasteiger partial charge in [-0.3, -0.25) is 4.90 Å². The van der Waals surface area contributed by atoms with Crippen LogP contribution in [-0.2, 0) is 4.74 Å². The van der Waals surface area contributed by atoms with E-state index in [1.165, 1.54) is 12.8 Å². The fourth-order valence-corrected chi connectivity index (χ4v) is 2.23. The molecule has 0 aliphatic carbocycles. The molecule has 0 spiro atoms. The van der Waals surface area contributed by atoms with Crippen LogP contribution in [0.1, 0.15) is 19.8 Å². The molecule has 2 fully saturated rings. The van der Waals surface area contributed by atoms with E-state index in [9.17, 15) is 4.39 Å². The van der Waals surface area contributed by atoms with Gasteiger partial charge in [0.1, 0.15) is 6.17 Å². The van der Waals surface area contributed by atoms with Crippen LogP contribution in [0, 0.1) is 5.92 Å². The van der Waals surface area contributed by atoms with E-state index >= 15 is 0 Å². The molecule has 76 valence electrons. The molecule has 0 radical (unpaired) electrons. The first-order valence-corrected chi connectivity index (χ1v) is 5.23. The summed E-state index contributed by atoms with van der Waals surface area (Å²) in [5.74, 6) is 0.626. The summed E-state index contributed by atoms with van der Waals surface area (Å²) in [6.45, 7) is 5.25. The number of hydrogen-bond donors (Lipinski definition) is 0. The molecule has 0 aromatic carbocycles. The maximum atomic E-state index is 12.6. The highest BCUT2D eigenvalue weighted by atomic mass is 19.1. The van der Waals surface area contributed by atoms with E-state index in [2.05, 4.69) is 11.8 Å². The molecular formula is C10H18FNO. The van der Waals surface area contributed by atoms with Crippen molar-refractivity contribution in [3.63, 3.8) is 0 Å². The van der Waals surface area contributed by atoms with Gasteiger partial charge in [-0.15, -0.1) is 0 Å². The first kappa shape index (κ1) is 9.41. The van der Waals surface area contributed by atoms with Crippen LogP contribution in [0.5, 0.6) is 0 Å². The van der Waals surface area contributed by atoms with Crippen molar-refractivity contribution in [2.75, 3.05) is 26.3 Å². The normalized spacial score (nSPS) is 34.2. The lowest BCUT2D eigenvalue weighted by Gasteiger charge is -2.43. The molecule has 2 aliphatic rings. The van der Waals surface area contributed by atoms with Crippen LogP contribution in [0.4, 0.5) is 4.39 Å². The second kappa shape index (κ2) is 3.93. The Labute approximate surface area is 79.1 Å². The van der Waals surface area contributed by atoms with Crippen LogP contribution in [0.3, 0.4) is 0 Å². The van der Waals surface area contributed by atoms with Crippen LogP contribution in [0.15, 0.2) is 0 Å². The van der Waals surface area contributed by atoms with Crippen molar-refractivity contribution >= 4 is 0 Å². The maximum absolute atomic E-state index is 12.6. The van der Waals surface area contributed by atoms with Gasteiger partial charge in [-0.05, 0) is 25.7 Å². The summed E-state index contributed by atoms with van der Waals surface area (Å²) in [6.07, 6.45) is 1.84. The van der Waals surface area contributed by atoms with Gasteiger partial charge in [-0.25, -0.2) is 4.39 Å². The summed E-state index contributed by atoms with van der Waals surface area (Å²) in [7, 11) is 0. The Kier molecular flexibility index (Phi) is 2.84. The zero-order chi connectivity index (χ0) is 9.26. The molecule has 0 bridgehead atoms. The number of rotatable bonds is 2. The van der Waals surface area contributed by atoms with E-state index in [0.29, 0.717) is 25.0 Å². The fourth-order valence-electron chi connectivity index (χ4n) is 2.23. The van der Waals surface area contributed by atoms with E-state index in [1.807, 2.05) is 0 Å². The summed E-state index contributed by atoms with van der Waals surface area (Å²) >= 11 is 0. The maximum Gasteiger partial charge on any atom is 0.125 e. The van der Waals surface area contributed by atoms with Crippen molar-refractivity contribution in [1.29, 1.82) is 0 Å². The lowest BCUT2D eigenvalue weighted by atomic mass is 9.92. The molecule has 2 rings (SSSR count). The Morgan fingerprint density at radius 1 is 1.46 bits per heavy atom. The van der Waals surface area contributed by atoms with E-state index in [4.69, 9.17) is 4.74 Å². The van der Waals surface area contributed by atoms with Crippen molar-refractivity contribution in [1.82, 2.24) is 4.90 Å². The Balaban J connectivity index is 1.78. The molecule has 3 heteroatoms. The van der Waals surface area contributed by atoms with E-state index in [0.717, 1.165) is 13.2 Å². The van der Waals surface area contributed by atoms with Gasteiger partial charge in [0.2, 0.25) is 0 Å². The van der Waals surface area contributed by atoms with Crippen LogP contribution < -0.4 is 0 Å². The molecule has 2 unspecified atom stereocenters. The predicted octanol–water partition coefficient (Wildman–Crippen LogP) is 1.46.